The third kappa shape index (κ3) is 6.54. The van der Waals surface area contributed by atoms with E-state index in [9.17, 15) is 24.9 Å². The van der Waals surface area contributed by atoms with Crippen LogP contribution in [0.25, 0.3) is 0 Å². The van der Waals surface area contributed by atoms with Gasteiger partial charge in [0, 0.05) is 62.5 Å². The first-order chi connectivity index (χ1) is 31.4. The molecule has 7 N–H and O–H groups in total. The number of aromatic hydroxyl groups is 2. The van der Waals surface area contributed by atoms with Crippen LogP contribution in [0.15, 0.2) is 145 Å². The largest absolute Gasteiger partial charge is 0.512 e. The molecule has 4 heterocycles. The minimum absolute atomic E-state index is 0.121. The van der Waals surface area contributed by atoms with Gasteiger partial charge in [0.2, 0.25) is 11.8 Å². The van der Waals surface area contributed by atoms with E-state index in [1.807, 2.05) is 60.7 Å². The van der Waals surface area contributed by atoms with Crippen molar-refractivity contribution in [3.8, 4) is 23.0 Å². The van der Waals surface area contributed by atoms with Crippen molar-refractivity contribution >= 4 is 52.2 Å². The van der Waals surface area contributed by atoms with Gasteiger partial charge in [0.05, 0.1) is 26.1 Å². The maximum Gasteiger partial charge on any atom is 0.250 e. The van der Waals surface area contributed by atoms with Crippen molar-refractivity contribution in [3.05, 3.63) is 189 Å². The van der Waals surface area contributed by atoms with Crippen LogP contribution in [0, 0.1) is 11.8 Å². The van der Waals surface area contributed by atoms with E-state index in [0.717, 1.165) is 5.56 Å². The Balaban J connectivity index is 1.21. The van der Waals surface area contributed by atoms with Gasteiger partial charge >= 0.3 is 0 Å². The Morgan fingerprint density at radius 2 is 1.17 bits per heavy atom. The number of hydrogen-bond donors (Lipinski definition) is 7. The summed E-state index contributed by atoms with van der Waals surface area (Å²) in [6.07, 6.45) is 1.17. The first-order valence-electron chi connectivity index (χ1n) is 21.0. The molecule has 0 bridgehead atoms. The maximum atomic E-state index is 15.8. The number of halogens is 2. The zero-order chi connectivity index (χ0) is 45.4. The van der Waals surface area contributed by atoms with E-state index in [1.165, 1.54) is 26.4 Å². The Bertz CT molecular complexity index is 2950. The number of fused-ring (bicyclic) bond motifs is 4. The number of hydrogen-bond acceptors (Lipinski definition) is 10. The van der Waals surface area contributed by atoms with Gasteiger partial charge in [-0.05, 0) is 82.9 Å². The molecule has 4 aliphatic heterocycles. The van der Waals surface area contributed by atoms with Crippen molar-refractivity contribution in [1.29, 1.82) is 0 Å². The van der Waals surface area contributed by atoms with Gasteiger partial charge in [-0.1, -0.05) is 96.0 Å². The number of methoxy groups -OCH3 is 2. The minimum Gasteiger partial charge on any atom is -0.512 e. The lowest BCUT2D eigenvalue weighted by molar-refractivity contribution is -0.124. The summed E-state index contributed by atoms with van der Waals surface area (Å²) in [5.74, 6) is -6.02. The van der Waals surface area contributed by atoms with Crippen LogP contribution in [-0.4, -0.2) is 47.1 Å². The molecule has 0 aliphatic carbocycles. The van der Waals surface area contributed by atoms with Gasteiger partial charge < -0.3 is 35.4 Å². The number of rotatable bonds is 9. The average Bonchev–Trinajstić information content (AvgIpc) is 4.02. The van der Waals surface area contributed by atoms with Crippen LogP contribution in [0.1, 0.15) is 57.3 Å². The molecule has 2 amide bonds. The lowest BCUT2D eigenvalue weighted by Gasteiger charge is -2.33. The second-order valence-electron chi connectivity index (χ2n) is 16.8. The highest BCUT2D eigenvalue weighted by atomic mass is 35.5. The van der Waals surface area contributed by atoms with Crippen LogP contribution in [0.2, 0.25) is 10.0 Å². The summed E-state index contributed by atoms with van der Waals surface area (Å²) in [5, 5.41) is 49.0. The average molecular weight is 910 g/mol. The van der Waals surface area contributed by atoms with Crippen LogP contribution in [0.5, 0.6) is 23.0 Å². The van der Waals surface area contributed by atoms with Gasteiger partial charge in [-0.25, -0.2) is 0 Å². The summed E-state index contributed by atoms with van der Waals surface area (Å²) >= 11 is 13.3. The van der Waals surface area contributed by atoms with Crippen LogP contribution < -0.4 is 30.7 Å². The predicted octanol–water partition coefficient (Wildman–Crippen LogP) is 8.92. The summed E-state index contributed by atoms with van der Waals surface area (Å²) in [6.45, 7) is 0. The quantitative estimate of drug-likeness (QED) is 0.0548. The molecule has 2 saturated heterocycles. The number of anilines is 2. The SMILES string of the molecule is COc1ccc(C2C(c3ccccc3)NC3(C(=O)Nc4ccc(Cl)cc43)C2/C(O)=C/C(=O)C2C(c3ccccc3)NC3(C(=O)Nc4ccc(Cl)cc43)C2c2ccc(O)c(OC)c2)cc1O. The maximum absolute atomic E-state index is 15.8. The monoisotopic (exact) mass is 908 g/mol. The molecule has 0 radical (unpaired) electrons. The topological polar surface area (TPSA) is 178 Å². The smallest absolute Gasteiger partial charge is 0.250 e. The molecule has 65 heavy (non-hydrogen) atoms. The van der Waals surface area contributed by atoms with Crippen molar-refractivity contribution in [2.75, 3.05) is 24.9 Å². The van der Waals surface area contributed by atoms with E-state index in [-0.39, 0.29) is 23.0 Å². The number of allylic oxidation sites excluding steroid dienone is 1. The molecule has 14 heteroatoms. The third-order valence-electron chi connectivity index (χ3n) is 13.6. The molecule has 2 spiro atoms. The van der Waals surface area contributed by atoms with E-state index in [0.29, 0.717) is 49.2 Å². The Morgan fingerprint density at radius 1 is 0.615 bits per heavy atom. The fourth-order valence-electron chi connectivity index (χ4n) is 10.9. The number of phenols is 2. The zero-order valence-corrected chi connectivity index (χ0v) is 36.4. The number of aliphatic hydroxyl groups excluding tert-OH is 1. The second-order valence-corrected chi connectivity index (χ2v) is 17.7. The number of ketones is 1. The van der Waals surface area contributed by atoms with E-state index < -0.39 is 70.2 Å². The van der Waals surface area contributed by atoms with Gasteiger partial charge in [0.15, 0.2) is 28.8 Å². The molecule has 0 aromatic heterocycles. The van der Waals surface area contributed by atoms with Gasteiger partial charge in [-0.3, -0.25) is 25.0 Å². The number of nitrogens with one attached hydrogen (secondary N) is 4. The standard InChI is InChI=1S/C51H42Cl2N4O8/c1-64-40-20-14-28(21-37(40)59)42-45(51(56-46(42)26-9-5-3-6-10-26)33-24-31(53)16-18-35(33)55-49(51)63)39(61)25-38(60)43-44(29-13-19-36(58)41(22-29)65-2)50(57-47(43)27-11-7-4-8-12-27)32-23-30(52)15-17-34(32)54-48(50)62/h3-25,42-47,56-59,61H,1-2H3,(H,54,62)(H,55,63)/b39-25-. The van der Waals surface area contributed by atoms with Crippen LogP contribution in [0.4, 0.5) is 11.4 Å². The lowest BCUT2D eigenvalue weighted by atomic mass is 9.68. The number of carbonyl (C=O) groups is 3. The summed E-state index contributed by atoms with van der Waals surface area (Å²) in [4.78, 5) is 45.5. The summed E-state index contributed by atoms with van der Waals surface area (Å²) < 4.78 is 11.0. The van der Waals surface area contributed by atoms with Crippen molar-refractivity contribution < 1.29 is 39.2 Å². The summed E-state index contributed by atoms with van der Waals surface area (Å²) in [7, 11) is 2.85. The predicted molar refractivity (Wildman–Crippen MR) is 246 cm³/mol. The normalized spacial score (nSPS) is 26.5. The highest BCUT2D eigenvalue weighted by molar-refractivity contribution is 6.31. The molecule has 4 aliphatic rings. The zero-order valence-electron chi connectivity index (χ0n) is 34.9. The second kappa shape index (κ2) is 16.0. The third-order valence-corrected chi connectivity index (χ3v) is 14.0. The van der Waals surface area contributed by atoms with Gasteiger partial charge in [0.25, 0.3) is 0 Å². The van der Waals surface area contributed by atoms with E-state index in [2.05, 4.69) is 21.3 Å². The van der Waals surface area contributed by atoms with Crippen molar-refractivity contribution in [2.45, 2.75) is 35.0 Å². The number of benzene rings is 6. The first-order valence-corrected chi connectivity index (χ1v) is 21.7. The number of phenolic OH excluding ortho intramolecular Hbond substituents is 2. The minimum atomic E-state index is -1.71. The molecular weight excluding hydrogens is 867 g/mol. The highest BCUT2D eigenvalue weighted by Gasteiger charge is 2.66. The molecule has 10 rings (SSSR count). The molecule has 12 nitrogen and oxygen atoms in total. The summed E-state index contributed by atoms with van der Waals surface area (Å²) in [6, 6.07) is 36.9. The Labute approximate surface area is 383 Å². The molecule has 0 saturated carbocycles. The van der Waals surface area contributed by atoms with Crippen LogP contribution in [-0.2, 0) is 25.5 Å². The Kier molecular flexibility index (Phi) is 10.4. The van der Waals surface area contributed by atoms with Gasteiger partial charge in [-0.15, -0.1) is 0 Å². The summed E-state index contributed by atoms with van der Waals surface area (Å²) in [5.41, 5.74) is 1.10. The fraction of sp³-hybridized carbons (Fsp3) is 0.196. The van der Waals surface area contributed by atoms with Crippen molar-refractivity contribution in [2.24, 2.45) is 11.8 Å². The number of aliphatic hydroxyl groups is 1. The number of ether oxygens (including phenoxy) is 2. The molecule has 2 fully saturated rings. The number of carbonyl (C=O) groups excluding carboxylic acids is 3. The fourth-order valence-corrected chi connectivity index (χ4v) is 11.2. The Morgan fingerprint density at radius 3 is 1.77 bits per heavy atom. The molecular formula is C51H42Cl2N4O8. The van der Waals surface area contributed by atoms with Crippen molar-refractivity contribution in [1.82, 2.24) is 10.6 Å². The van der Waals surface area contributed by atoms with E-state index >= 15 is 4.79 Å². The molecule has 6 aromatic carbocycles. The van der Waals surface area contributed by atoms with Gasteiger partial charge in [0.1, 0.15) is 16.8 Å². The van der Waals surface area contributed by atoms with Crippen LogP contribution >= 0.6 is 23.2 Å². The first kappa shape index (κ1) is 42.1. The number of amides is 2. The molecule has 6 aromatic rings. The van der Waals surface area contributed by atoms with Crippen molar-refractivity contribution in [3.63, 3.8) is 0 Å². The van der Waals surface area contributed by atoms with E-state index in [4.69, 9.17) is 32.7 Å². The van der Waals surface area contributed by atoms with Crippen LogP contribution in [0.3, 0.4) is 0 Å². The highest BCUT2D eigenvalue weighted by Crippen LogP contribution is 2.61. The van der Waals surface area contributed by atoms with Gasteiger partial charge in [-0.2, -0.15) is 0 Å². The molecule has 8 unspecified atom stereocenters. The Hall–Kier alpha value is -6.83. The molecule has 328 valence electrons. The lowest BCUT2D eigenvalue weighted by Crippen LogP contribution is -2.49. The molecule has 8 atom stereocenters. The van der Waals surface area contributed by atoms with E-state index in [1.54, 1.807) is 66.7 Å².